The molecule has 0 saturated carbocycles. The van der Waals surface area contributed by atoms with Crippen molar-refractivity contribution in [1.82, 2.24) is 0 Å². The highest BCUT2D eigenvalue weighted by molar-refractivity contribution is 6.35. The lowest BCUT2D eigenvalue weighted by Gasteiger charge is -2.04. The van der Waals surface area contributed by atoms with E-state index in [2.05, 4.69) is 6.58 Å². The van der Waals surface area contributed by atoms with Crippen LogP contribution in [0.3, 0.4) is 0 Å². The summed E-state index contributed by atoms with van der Waals surface area (Å²) in [6.07, 6.45) is 0.983. The molecule has 0 aliphatic carbocycles. The van der Waals surface area contributed by atoms with E-state index in [1.54, 1.807) is 6.92 Å². The molecule has 0 amide bonds. The fraction of sp³-hybridized carbons (Fsp3) is 0.727. The molecule has 0 spiro atoms. The van der Waals surface area contributed by atoms with Crippen LogP contribution in [-0.4, -0.2) is 35.3 Å². The van der Waals surface area contributed by atoms with Crippen LogP contribution in [-0.2, 0) is 14.3 Å². The molecular weight excluding hydrogens is 208 g/mol. The third-order valence-corrected chi connectivity index (χ3v) is 3.76. The number of hydrogen-bond acceptors (Lipinski definition) is 3. The summed E-state index contributed by atoms with van der Waals surface area (Å²) < 4.78 is 10.2. The van der Waals surface area contributed by atoms with Crippen LogP contribution in [0.15, 0.2) is 12.2 Å². The number of carbonyl (C=O) groups is 1. The third kappa shape index (κ3) is 9.69. The van der Waals surface area contributed by atoms with Gasteiger partial charge in [-0.2, -0.15) is 0 Å². The highest BCUT2D eigenvalue weighted by Crippen LogP contribution is 1.97. The smallest absolute Gasteiger partial charge is 0.333 e. The van der Waals surface area contributed by atoms with Crippen molar-refractivity contribution in [2.45, 2.75) is 32.4 Å². The Morgan fingerprint density at radius 2 is 2.07 bits per heavy atom. The van der Waals surface area contributed by atoms with Gasteiger partial charge in [-0.15, -0.1) is 0 Å². The van der Waals surface area contributed by atoms with Gasteiger partial charge in [0.25, 0.3) is 0 Å². The lowest BCUT2D eigenvalue weighted by Crippen LogP contribution is -2.07. The average Bonchev–Trinajstić information content (AvgIpc) is 2.21. The standard InChI is InChI=1S/C11H22O3Si/c1-4-13-7-9-15-8-5-6-14-11(12)10(2)3/h2,4-9,15H2,1,3H3. The maximum absolute atomic E-state index is 11.0. The lowest BCUT2D eigenvalue weighted by atomic mass is 10.4. The van der Waals surface area contributed by atoms with Crippen LogP contribution in [0.5, 0.6) is 0 Å². The number of hydrogen-bond donors (Lipinski definition) is 0. The molecule has 0 aromatic rings. The molecule has 0 saturated heterocycles. The fourth-order valence-electron chi connectivity index (χ4n) is 1.09. The second-order valence-electron chi connectivity index (χ2n) is 3.53. The first-order valence-electron chi connectivity index (χ1n) is 5.58. The zero-order valence-electron chi connectivity index (χ0n) is 9.88. The minimum absolute atomic E-state index is 0.0120. The van der Waals surface area contributed by atoms with Crippen molar-refractivity contribution in [3.05, 3.63) is 12.2 Å². The van der Waals surface area contributed by atoms with Crippen LogP contribution in [0.4, 0.5) is 0 Å². The molecule has 88 valence electrons. The van der Waals surface area contributed by atoms with Gasteiger partial charge >= 0.3 is 5.97 Å². The first-order chi connectivity index (χ1) is 7.18. The Bertz CT molecular complexity index is 192. The molecule has 0 aromatic carbocycles. The number of ether oxygens (including phenoxy) is 2. The van der Waals surface area contributed by atoms with Crippen LogP contribution in [0.25, 0.3) is 0 Å². The molecule has 0 unspecified atom stereocenters. The van der Waals surface area contributed by atoms with Crippen molar-refractivity contribution < 1.29 is 14.3 Å². The minimum Gasteiger partial charge on any atom is -0.462 e. The quantitative estimate of drug-likeness (QED) is 0.261. The maximum atomic E-state index is 11.0. The molecule has 0 fully saturated rings. The Kier molecular flexibility index (Phi) is 9.52. The Morgan fingerprint density at radius 1 is 1.33 bits per heavy atom. The molecule has 0 aromatic heterocycles. The van der Waals surface area contributed by atoms with E-state index in [9.17, 15) is 4.79 Å². The van der Waals surface area contributed by atoms with Gasteiger partial charge in [-0.3, -0.25) is 0 Å². The Morgan fingerprint density at radius 3 is 2.67 bits per heavy atom. The molecule has 0 atom stereocenters. The summed E-state index contributed by atoms with van der Waals surface area (Å²) in [6, 6.07) is 2.44. The second-order valence-corrected chi connectivity index (χ2v) is 5.65. The normalized spacial score (nSPS) is 10.8. The van der Waals surface area contributed by atoms with Crippen molar-refractivity contribution >= 4 is 15.5 Å². The first-order valence-corrected chi connectivity index (χ1v) is 7.58. The summed E-state index contributed by atoms with van der Waals surface area (Å²) in [5.41, 5.74) is 0.476. The van der Waals surface area contributed by atoms with Crippen molar-refractivity contribution in [2.24, 2.45) is 0 Å². The molecule has 15 heavy (non-hydrogen) atoms. The molecule has 0 aliphatic rings. The van der Waals surface area contributed by atoms with Gasteiger partial charge in [0, 0.05) is 28.3 Å². The summed E-state index contributed by atoms with van der Waals surface area (Å²) in [6.45, 7) is 9.44. The van der Waals surface area contributed by atoms with Crippen LogP contribution in [0, 0.1) is 0 Å². The molecule has 0 aliphatic heterocycles. The van der Waals surface area contributed by atoms with Gasteiger partial charge in [-0.1, -0.05) is 12.6 Å². The van der Waals surface area contributed by atoms with Crippen molar-refractivity contribution in [3.8, 4) is 0 Å². The fourth-order valence-corrected chi connectivity index (χ4v) is 2.41. The van der Waals surface area contributed by atoms with Gasteiger partial charge in [0.15, 0.2) is 0 Å². The number of carbonyl (C=O) groups excluding carboxylic acids is 1. The van der Waals surface area contributed by atoms with Gasteiger partial charge in [0.05, 0.1) is 6.61 Å². The summed E-state index contributed by atoms with van der Waals surface area (Å²) in [5.74, 6) is -0.272. The molecule has 3 nitrogen and oxygen atoms in total. The van der Waals surface area contributed by atoms with E-state index in [1.807, 2.05) is 6.92 Å². The molecule has 0 bridgehead atoms. The molecule has 0 N–H and O–H groups in total. The predicted octanol–water partition coefficient (Wildman–Crippen LogP) is 1.54. The minimum atomic E-state index is -0.272. The van der Waals surface area contributed by atoms with Gasteiger partial charge in [0.1, 0.15) is 0 Å². The monoisotopic (exact) mass is 230 g/mol. The maximum Gasteiger partial charge on any atom is 0.333 e. The third-order valence-electron chi connectivity index (χ3n) is 1.97. The Hall–Kier alpha value is -0.613. The highest BCUT2D eigenvalue weighted by Gasteiger charge is 2.01. The van der Waals surface area contributed by atoms with Crippen LogP contribution in [0.1, 0.15) is 20.3 Å². The summed E-state index contributed by atoms with van der Waals surface area (Å²) in [5, 5.41) is 0. The van der Waals surface area contributed by atoms with Crippen molar-refractivity contribution in [2.75, 3.05) is 19.8 Å². The van der Waals surface area contributed by atoms with Gasteiger partial charge < -0.3 is 9.47 Å². The SMILES string of the molecule is C=C(C)C(=O)OCCC[SiH2]CCOCC. The van der Waals surface area contributed by atoms with E-state index in [-0.39, 0.29) is 15.5 Å². The van der Waals surface area contributed by atoms with Crippen LogP contribution >= 0.6 is 0 Å². The number of esters is 1. The van der Waals surface area contributed by atoms with E-state index >= 15 is 0 Å². The van der Waals surface area contributed by atoms with Gasteiger partial charge in [0.2, 0.25) is 0 Å². The van der Waals surface area contributed by atoms with Crippen LogP contribution < -0.4 is 0 Å². The molecule has 4 heteroatoms. The van der Waals surface area contributed by atoms with Crippen molar-refractivity contribution in [3.63, 3.8) is 0 Å². The molecule has 0 radical (unpaired) electrons. The Balaban J connectivity index is 3.11. The number of rotatable bonds is 9. The first kappa shape index (κ1) is 14.4. The van der Waals surface area contributed by atoms with E-state index < -0.39 is 0 Å². The second kappa shape index (κ2) is 9.92. The predicted molar refractivity (Wildman–Crippen MR) is 65.0 cm³/mol. The highest BCUT2D eigenvalue weighted by atomic mass is 28.2. The van der Waals surface area contributed by atoms with Crippen molar-refractivity contribution in [1.29, 1.82) is 0 Å². The molecule has 0 rings (SSSR count). The molecule has 0 heterocycles. The van der Waals surface area contributed by atoms with Gasteiger partial charge in [-0.25, -0.2) is 4.79 Å². The molecular formula is C11H22O3Si. The summed E-state index contributed by atoms with van der Waals surface area (Å²) >= 11 is 0. The average molecular weight is 230 g/mol. The topological polar surface area (TPSA) is 35.5 Å². The van der Waals surface area contributed by atoms with E-state index in [1.165, 1.54) is 12.1 Å². The largest absolute Gasteiger partial charge is 0.462 e. The zero-order valence-corrected chi connectivity index (χ0v) is 11.3. The van der Waals surface area contributed by atoms with Crippen LogP contribution in [0.2, 0.25) is 12.1 Å². The van der Waals surface area contributed by atoms with E-state index in [4.69, 9.17) is 9.47 Å². The van der Waals surface area contributed by atoms with E-state index in [0.717, 1.165) is 19.6 Å². The zero-order chi connectivity index (χ0) is 11.5. The van der Waals surface area contributed by atoms with E-state index in [0.29, 0.717) is 12.2 Å². The lowest BCUT2D eigenvalue weighted by molar-refractivity contribution is -0.138. The Labute approximate surface area is 94.7 Å². The summed E-state index contributed by atoms with van der Waals surface area (Å²) in [4.78, 5) is 11.0. The summed E-state index contributed by atoms with van der Waals surface area (Å²) in [7, 11) is -0.0120. The van der Waals surface area contributed by atoms with Gasteiger partial charge in [-0.05, 0) is 26.3 Å².